The number of carbonyl (C=O) groups is 2. The molecule has 5 nitrogen and oxygen atoms in total. The molecule has 6 heteroatoms. The number of urea groups is 1. The minimum Gasteiger partial charge on any atom is -0.328 e. The van der Waals surface area contributed by atoms with Gasteiger partial charge in [-0.3, -0.25) is 4.79 Å². The summed E-state index contributed by atoms with van der Waals surface area (Å²) in [5.74, 6) is -1.11. The zero-order chi connectivity index (χ0) is 11.7. The van der Waals surface area contributed by atoms with Crippen LogP contribution in [0.25, 0.3) is 0 Å². The molecular weight excluding hydrogens is 213 g/mol. The molecule has 2 rings (SSSR count). The van der Waals surface area contributed by atoms with Crippen molar-refractivity contribution in [1.82, 2.24) is 5.32 Å². The van der Waals surface area contributed by atoms with Crippen molar-refractivity contribution >= 4 is 17.6 Å². The van der Waals surface area contributed by atoms with E-state index in [0.717, 1.165) is 17.0 Å². The summed E-state index contributed by atoms with van der Waals surface area (Å²) in [6.45, 7) is -0.0852. The second-order valence-corrected chi connectivity index (χ2v) is 3.16. The van der Waals surface area contributed by atoms with Crippen LogP contribution in [-0.4, -0.2) is 18.5 Å². The van der Waals surface area contributed by atoms with Gasteiger partial charge in [-0.2, -0.15) is 5.26 Å². The van der Waals surface area contributed by atoms with E-state index in [1.807, 2.05) is 0 Å². The Balaban J connectivity index is 2.45. The monoisotopic (exact) mass is 219 g/mol. The number of rotatable bonds is 1. The maximum absolute atomic E-state index is 13.0. The van der Waals surface area contributed by atoms with Crippen molar-refractivity contribution < 1.29 is 14.0 Å². The van der Waals surface area contributed by atoms with E-state index in [9.17, 15) is 14.0 Å². The standard InChI is InChI=1S/C10H6FN3O2/c11-8-2-1-7(3-6(8)4-12)14-9(15)5-13-10(14)16/h1-3H,5H2,(H,13,16). The summed E-state index contributed by atoms with van der Waals surface area (Å²) >= 11 is 0. The molecule has 80 valence electrons. The lowest BCUT2D eigenvalue weighted by molar-refractivity contribution is -0.115. The third-order valence-corrected chi connectivity index (χ3v) is 2.17. The molecule has 0 bridgehead atoms. The van der Waals surface area contributed by atoms with Crippen LogP contribution < -0.4 is 10.2 Å². The van der Waals surface area contributed by atoms with E-state index in [1.165, 1.54) is 6.07 Å². The highest BCUT2D eigenvalue weighted by Gasteiger charge is 2.30. The van der Waals surface area contributed by atoms with E-state index < -0.39 is 17.8 Å². The summed E-state index contributed by atoms with van der Waals surface area (Å²) in [4.78, 5) is 23.5. The number of carbonyl (C=O) groups excluding carboxylic acids is 2. The Morgan fingerprint density at radius 3 is 2.75 bits per heavy atom. The first-order valence-corrected chi connectivity index (χ1v) is 4.44. The molecule has 0 atom stereocenters. The highest BCUT2D eigenvalue weighted by atomic mass is 19.1. The Morgan fingerprint density at radius 2 is 2.19 bits per heavy atom. The van der Waals surface area contributed by atoms with Crippen LogP contribution in [0, 0.1) is 17.1 Å². The van der Waals surface area contributed by atoms with Gasteiger partial charge in [0.15, 0.2) is 0 Å². The molecule has 1 aliphatic heterocycles. The molecule has 1 fully saturated rings. The highest BCUT2D eigenvalue weighted by Crippen LogP contribution is 2.20. The number of nitrogens with zero attached hydrogens (tertiary/aromatic N) is 2. The molecule has 1 N–H and O–H groups in total. The molecule has 1 aromatic rings. The molecule has 0 aromatic heterocycles. The van der Waals surface area contributed by atoms with Crippen molar-refractivity contribution in [3.05, 3.63) is 29.6 Å². The number of nitriles is 1. The van der Waals surface area contributed by atoms with E-state index in [0.29, 0.717) is 0 Å². The maximum atomic E-state index is 13.0. The number of imide groups is 1. The fourth-order valence-corrected chi connectivity index (χ4v) is 1.42. The van der Waals surface area contributed by atoms with Crippen LogP contribution in [0.3, 0.4) is 0 Å². The largest absolute Gasteiger partial charge is 0.329 e. The minimum atomic E-state index is -0.682. The smallest absolute Gasteiger partial charge is 0.328 e. The summed E-state index contributed by atoms with van der Waals surface area (Å²) in [6.07, 6.45) is 0. The van der Waals surface area contributed by atoms with E-state index in [-0.39, 0.29) is 17.8 Å². The first kappa shape index (κ1) is 10.1. The number of anilines is 1. The van der Waals surface area contributed by atoms with Crippen molar-refractivity contribution in [3.63, 3.8) is 0 Å². The summed E-state index contributed by atoms with van der Waals surface area (Å²) in [7, 11) is 0. The van der Waals surface area contributed by atoms with Crippen LogP contribution in [-0.2, 0) is 4.79 Å². The number of halogens is 1. The fraction of sp³-hybridized carbons (Fsp3) is 0.100. The average Bonchev–Trinajstić information content (AvgIpc) is 2.60. The molecule has 0 radical (unpaired) electrons. The van der Waals surface area contributed by atoms with Crippen LogP contribution in [0.2, 0.25) is 0 Å². The topological polar surface area (TPSA) is 73.2 Å². The van der Waals surface area contributed by atoms with Crippen molar-refractivity contribution in [2.75, 3.05) is 11.4 Å². The Hall–Kier alpha value is -2.42. The van der Waals surface area contributed by atoms with Crippen LogP contribution in [0.5, 0.6) is 0 Å². The number of amides is 3. The number of nitrogens with one attached hydrogen (secondary N) is 1. The third-order valence-electron chi connectivity index (χ3n) is 2.17. The Kier molecular flexibility index (Phi) is 2.29. The Labute approximate surface area is 90.1 Å². The van der Waals surface area contributed by atoms with Gasteiger partial charge in [0.2, 0.25) is 0 Å². The molecule has 0 spiro atoms. The number of hydrogen-bond donors (Lipinski definition) is 1. The molecule has 1 aliphatic rings. The average molecular weight is 219 g/mol. The van der Waals surface area contributed by atoms with E-state index in [1.54, 1.807) is 6.07 Å². The van der Waals surface area contributed by atoms with Crippen molar-refractivity contribution in [2.45, 2.75) is 0 Å². The van der Waals surface area contributed by atoms with Gasteiger partial charge in [-0.25, -0.2) is 14.1 Å². The molecule has 0 aliphatic carbocycles. The first-order valence-electron chi connectivity index (χ1n) is 4.44. The molecule has 16 heavy (non-hydrogen) atoms. The normalized spacial score (nSPS) is 14.9. The first-order chi connectivity index (χ1) is 7.63. The van der Waals surface area contributed by atoms with Crippen LogP contribution in [0.1, 0.15) is 5.56 Å². The molecule has 1 aromatic carbocycles. The minimum absolute atomic E-state index is 0.0852. The maximum Gasteiger partial charge on any atom is 0.329 e. The second kappa shape index (κ2) is 3.62. The lowest BCUT2D eigenvalue weighted by Gasteiger charge is -2.12. The Bertz CT molecular complexity index is 505. The predicted octanol–water partition coefficient (Wildman–Crippen LogP) is 0.754. The van der Waals surface area contributed by atoms with E-state index in [4.69, 9.17) is 5.26 Å². The van der Waals surface area contributed by atoms with Gasteiger partial charge in [-0.05, 0) is 18.2 Å². The molecule has 1 heterocycles. The van der Waals surface area contributed by atoms with Gasteiger partial charge in [-0.15, -0.1) is 0 Å². The summed E-state index contributed by atoms with van der Waals surface area (Å²) < 4.78 is 13.0. The molecular formula is C10H6FN3O2. The molecule has 0 unspecified atom stereocenters. The van der Waals surface area contributed by atoms with Crippen LogP contribution >= 0.6 is 0 Å². The predicted molar refractivity (Wildman–Crippen MR) is 52.0 cm³/mol. The van der Waals surface area contributed by atoms with Crippen molar-refractivity contribution in [1.29, 1.82) is 5.26 Å². The van der Waals surface area contributed by atoms with Crippen LogP contribution in [0.4, 0.5) is 14.9 Å². The van der Waals surface area contributed by atoms with Gasteiger partial charge in [-0.1, -0.05) is 0 Å². The SMILES string of the molecule is N#Cc1cc(N2C(=O)CNC2=O)ccc1F. The third kappa shape index (κ3) is 1.48. The van der Waals surface area contributed by atoms with Gasteiger partial charge in [0, 0.05) is 0 Å². The molecule has 1 saturated heterocycles. The van der Waals surface area contributed by atoms with Gasteiger partial charge in [0.1, 0.15) is 11.9 Å². The van der Waals surface area contributed by atoms with Crippen molar-refractivity contribution in [3.8, 4) is 6.07 Å². The second-order valence-electron chi connectivity index (χ2n) is 3.16. The zero-order valence-electron chi connectivity index (χ0n) is 8.03. The zero-order valence-corrected chi connectivity index (χ0v) is 8.03. The number of hydrogen-bond acceptors (Lipinski definition) is 3. The highest BCUT2D eigenvalue weighted by molar-refractivity contribution is 6.19. The number of benzene rings is 1. The molecule has 0 saturated carbocycles. The van der Waals surface area contributed by atoms with Gasteiger partial charge in [0.05, 0.1) is 17.8 Å². The molecule has 3 amide bonds. The van der Waals surface area contributed by atoms with E-state index in [2.05, 4.69) is 5.32 Å². The lowest BCUT2D eigenvalue weighted by atomic mass is 10.2. The van der Waals surface area contributed by atoms with Crippen molar-refractivity contribution in [2.24, 2.45) is 0 Å². The van der Waals surface area contributed by atoms with E-state index >= 15 is 0 Å². The summed E-state index contributed by atoms with van der Waals surface area (Å²) in [5, 5.41) is 11.0. The lowest BCUT2D eigenvalue weighted by Crippen LogP contribution is -2.30. The quantitative estimate of drug-likeness (QED) is 0.708. The van der Waals surface area contributed by atoms with Gasteiger partial charge in [0.25, 0.3) is 5.91 Å². The fourth-order valence-electron chi connectivity index (χ4n) is 1.42. The van der Waals surface area contributed by atoms with Gasteiger partial charge >= 0.3 is 6.03 Å². The van der Waals surface area contributed by atoms with Gasteiger partial charge < -0.3 is 5.32 Å². The van der Waals surface area contributed by atoms with Crippen LogP contribution in [0.15, 0.2) is 18.2 Å². The summed E-state index contributed by atoms with van der Waals surface area (Å²) in [5.41, 5.74) is -0.0112. The summed E-state index contributed by atoms with van der Waals surface area (Å²) in [6, 6.07) is 4.57. The Morgan fingerprint density at radius 1 is 1.44 bits per heavy atom.